The molecule has 0 bridgehead atoms. The van der Waals surface area contributed by atoms with E-state index < -0.39 is 5.97 Å². The molecule has 1 heterocycles. The number of carboxylic acids is 1. The van der Waals surface area contributed by atoms with Crippen LogP contribution in [-0.4, -0.2) is 24.1 Å². The summed E-state index contributed by atoms with van der Waals surface area (Å²) < 4.78 is 10.5. The van der Waals surface area contributed by atoms with Crippen molar-refractivity contribution in [1.29, 1.82) is 0 Å². The Bertz CT molecular complexity index is 713. The van der Waals surface area contributed by atoms with E-state index in [9.17, 15) is 4.79 Å². The maximum atomic E-state index is 11.1. The number of benzene rings is 2. The fourth-order valence-electron chi connectivity index (χ4n) is 1.94. The minimum Gasteiger partial charge on any atom is -0.478 e. The van der Waals surface area contributed by atoms with Crippen LogP contribution in [0, 0.1) is 0 Å². The second kappa shape index (κ2) is 5.54. The van der Waals surface area contributed by atoms with Gasteiger partial charge in [0.25, 0.3) is 0 Å². The third-order valence-corrected chi connectivity index (χ3v) is 2.95. The number of carbonyl (C=O) groups is 1. The van der Waals surface area contributed by atoms with Gasteiger partial charge >= 0.3 is 5.97 Å². The predicted octanol–water partition coefficient (Wildman–Crippen LogP) is 2.56. The summed E-state index contributed by atoms with van der Waals surface area (Å²) in [6.07, 6.45) is 1.58. The van der Waals surface area contributed by atoms with Crippen molar-refractivity contribution in [2.24, 2.45) is 5.10 Å². The van der Waals surface area contributed by atoms with Crippen molar-refractivity contribution in [1.82, 2.24) is 0 Å². The Balaban J connectivity index is 1.74. The van der Waals surface area contributed by atoms with Gasteiger partial charge in [-0.15, -0.1) is 0 Å². The molecule has 2 aromatic rings. The number of carboxylic acid groups (broad SMARTS) is 1. The van der Waals surface area contributed by atoms with Crippen LogP contribution in [0.5, 0.6) is 11.5 Å². The molecule has 6 nitrogen and oxygen atoms in total. The lowest BCUT2D eigenvalue weighted by molar-refractivity contribution is 0.0698. The van der Waals surface area contributed by atoms with E-state index in [4.69, 9.17) is 14.6 Å². The number of para-hydroxylation sites is 1. The predicted molar refractivity (Wildman–Crippen MR) is 77.2 cm³/mol. The number of rotatable bonds is 4. The fraction of sp³-hybridized carbons (Fsp3) is 0.0667. The lowest BCUT2D eigenvalue weighted by Gasteiger charge is -2.04. The first-order valence-electron chi connectivity index (χ1n) is 6.25. The molecule has 6 heteroatoms. The van der Waals surface area contributed by atoms with Crippen molar-refractivity contribution in [3.63, 3.8) is 0 Å². The molecule has 0 saturated carbocycles. The SMILES string of the molecule is O=C(O)c1ccccc1N/N=C\c1ccc2c(c1)OCO2. The molecule has 0 atom stereocenters. The zero-order valence-electron chi connectivity index (χ0n) is 10.9. The van der Waals surface area contributed by atoms with Crippen LogP contribution in [0.25, 0.3) is 0 Å². The van der Waals surface area contributed by atoms with E-state index in [0.717, 1.165) is 5.56 Å². The fourth-order valence-corrected chi connectivity index (χ4v) is 1.94. The number of ether oxygens (including phenoxy) is 2. The average Bonchev–Trinajstić information content (AvgIpc) is 2.95. The molecule has 1 aliphatic rings. The molecule has 0 spiro atoms. The molecule has 3 rings (SSSR count). The first kappa shape index (κ1) is 13.0. The molecule has 0 radical (unpaired) electrons. The van der Waals surface area contributed by atoms with Crippen LogP contribution in [0.4, 0.5) is 5.69 Å². The van der Waals surface area contributed by atoms with Gasteiger partial charge in [-0.3, -0.25) is 5.43 Å². The number of nitrogens with one attached hydrogen (secondary N) is 1. The third kappa shape index (κ3) is 2.79. The first-order valence-corrected chi connectivity index (χ1v) is 6.25. The molecule has 0 saturated heterocycles. The summed E-state index contributed by atoms with van der Waals surface area (Å²) in [6, 6.07) is 12.0. The number of nitrogens with zero attached hydrogens (tertiary/aromatic N) is 1. The summed E-state index contributed by atoms with van der Waals surface area (Å²) in [4.78, 5) is 11.1. The highest BCUT2D eigenvalue weighted by Gasteiger charge is 2.12. The van der Waals surface area contributed by atoms with Crippen LogP contribution in [0.15, 0.2) is 47.6 Å². The molecule has 0 aromatic heterocycles. The van der Waals surface area contributed by atoms with E-state index in [1.165, 1.54) is 6.07 Å². The highest BCUT2D eigenvalue weighted by molar-refractivity contribution is 5.94. The van der Waals surface area contributed by atoms with Crippen molar-refractivity contribution < 1.29 is 19.4 Å². The van der Waals surface area contributed by atoms with E-state index in [0.29, 0.717) is 17.2 Å². The quantitative estimate of drug-likeness (QED) is 0.666. The summed E-state index contributed by atoms with van der Waals surface area (Å²) in [5.41, 5.74) is 4.15. The van der Waals surface area contributed by atoms with Gasteiger partial charge in [0.2, 0.25) is 6.79 Å². The van der Waals surface area contributed by atoms with Gasteiger partial charge < -0.3 is 14.6 Å². The number of hydrogen-bond donors (Lipinski definition) is 2. The van der Waals surface area contributed by atoms with Crippen molar-refractivity contribution >= 4 is 17.9 Å². The summed E-state index contributed by atoms with van der Waals surface area (Å²) in [7, 11) is 0. The molecule has 0 fully saturated rings. The van der Waals surface area contributed by atoms with Crippen LogP contribution in [0.3, 0.4) is 0 Å². The summed E-state index contributed by atoms with van der Waals surface area (Å²) in [6.45, 7) is 0.222. The minimum absolute atomic E-state index is 0.167. The van der Waals surface area contributed by atoms with Crippen molar-refractivity contribution in [2.75, 3.05) is 12.2 Å². The van der Waals surface area contributed by atoms with Gasteiger partial charge in [-0.25, -0.2) is 4.79 Å². The molecule has 0 unspecified atom stereocenters. The van der Waals surface area contributed by atoms with Gasteiger partial charge in [0.15, 0.2) is 11.5 Å². The van der Waals surface area contributed by atoms with Crippen LogP contribution >= 0.6 is 0 Å². The molecule has 1 aliphatic heterocycles. The van der Waals surface area contributed by atoms with Crippen LogP contribution in [0.2, 0.25) is 0 Å². The average molecular weight is 284 g/mol. The Morgan fingerprint density at radius 2 is 2.00 bits per heavy atom. The van der Waals surface area contributed by atoms with Crippen LogP contribution in [0.1, 0.15) is 15.9 Å². The van der Waals surface area contributed by atoms with Gasteiger partial charge in [-0.1, -0.05) is 12.1 Å². The highest BCUT2D eigenvalue weighted by Crippen LogP contribution is 2.31. The van der Waals surface area contributed by atoms with Gasteiger partial charge in [0.05, 0.1) is 17.5 Å². The lowest BCUT2D eigenvalue weighted by Crippen LogP contribution is -2.02. The summed E-state index contributed by atoms with van der Waals surface area (Å²) in [5.74, 6) is 0.373. The second-order valence-corrected chi connectivity index (χ2v) is 4.33. The Morgan fingerprint density at radius 1 is 1.19 bits per heavy atom. The molecular weight excluding hydrogens is 272 g/mol. The Morgan fingerprint density at radius 3 is 2.86 bits per heavy atom. The Labute approximate surface area is 120 Å². The molecular formula is C15H12N2O4. The largest absolute Gasteiger partial charge is 0.478 e. The van der Waals surface area contributed by atoms with E-state index in [1.807, 2.05) is 6.07 Å². The summed E-state index contributed by atoms with van der Waals surface area (Å²) in [5, 5.41) is 13.1. The summed E-state index contributed by atoms with van der Waals surface area (Å²) >= 11 is 0. The highest BCUT2D eigenvalue weighted by atomic mass is 16.7. The number of fused-ring (bicyclic) bond motifs is 1. The van der Waals surface area contributed by atoms with Gasteiger partial charge in [-0.2, -0.15) is 5.10 Å². The Hall–Kier alpha value is -3.02. The minimum atomic E-state index is -1.00. The molecule has 2 N–H and O–H groups in total. The van der Waals surface area contributed by atoms with E-state index in [2.05, 4.69) is 10.5 Å². The van der Waals surface area contributed by atoms with Crippen molar-refractivity contribution in [3.05, 3.63) is 53.6 Å². The van der Waals surface area contributed by atoms with E-state index in [1.54, 1.807) is 36.5 Å². The van der Waals surface area contributed by atoms with Gasteiger partial charge in [0, 0.05) is 0 Å². The molecule has 0 amide bonds. The smallest absolute Gasteiger partial charge is 0.337 e. The van der Waals surface area contributed by atoms with Gasteiger partial charge in [0.1, 0.15) is 0 Å². The molecule has 0 aliphatic carbocycles. The maximum absolute atomic E-state index is 11.1. The molecule has 21 heavy (non-hydrogen) atoms. The zero-order chi connectivity index (χ0) is 14.7. The van der Waals surface area contributed by atoms with E-state index >= 15 is 0 Å². The number of hydrogen-bond acceptors (Lipinski definition) is 5. The van der Waals surface area contributed by atoms with E-state index in [-0.39, 0.29) is 12.4 Å². The van der Waals surface area contributed by atoms with Gasteiger partial charge in [-0.05, 0) is 35.9 Å². The molecule has 2 aromatic carbocycles. The van der Waals surface area contributed by atoms with Crippen molar-refractivity contribution in [3.8, 4) is 11.5 Å². The van der Waals surface area contributed by atoms with Crippen LogP contribution in [-0.2, 0) is 0 Å². The normalized spacial score (nSPS) is 12.6. The van der Waals surface area contributed by atoms with Crippen LogP contribution < -0.4 is 14.9 Å². The first-order chi connectivity index (χ1) is 10.2. The zero-order valence-corrected chi connectivity index (χ0v) is 10.9. The maximum Gasteiger partial charge on any atom is 0.337 e. The molecule has 106 valence electrons. The van der Waals surface area contributed by atoms with Crippen molar-refractivity contribution in [2.45, 2.75) is 0 Å². The lowest BCUT2D eigenvalue weighted by atomic mass is 10.2. The standard InChI is InChI=1S/C15H12N2O4/c18-15(19)11-3-1-2-4-12(11)17-16-8-10-5-6-13-14(7-10)21-9-20-13/h1-8,17H,9H2,(H,18,19)/b16-8-. The number of anilines is 1. The number of hydrazone groups is 1. The Kier molecular flexibility index (Phi) is 3.42. The topological polar surface area (TPSA) is 80.2 Å². The second-order valence-electron chi connectivity index (χ2n) is 4.33. The third-order valence-electron chi connectivity index (χ3n) is 2.95. The number of aromatic carboxylic acids is 1. The monoisotopic (exact) mass is 284 g/mol.